The Balaban J connectivity index is 1.28. The number of hydrazine groups is 1. The molecule has 3 aliphatic rings. The smallest absolute Gasteiger partial charge is 0.465 e. The van der Waals surface area contributed by atoms with Crippen LogP contribution in [0.5, 0.6) is 0 Å². The highest BCUT2D eigenvalue weighted by Gasteiger charge is 2.57. The van der Waals surface area contributed by atoms with Crippen LogP contribution < -0.4 is 26.3 Å². The van der Waals surface area contributed by atoms with Gasteiger partial charge in [-0.3, -0.25) is 19.9 Å². The van der Waals surface area contributed by atoms with Crippen LogP contribution in [0.15, 0.2) is 61.1 Å². The fourth-order valence-corrected chi connectivity index (χ4v) is 10.1. The average Bonchev–Trinajstić information content (AvgIpc) is 1.81. The van der Waals surface area contributed by atoms with Crippen LogP contribution in [-0.4, -0.2) is 176 Å². The summed E-state index contributed by atoms with van der Waals surface area (Å²) in [4.78, 5) is 98.8. The molecule has 7 rings (SSSR count). The Morgan fingerprint density at radius 1 is 0.820 bits per heavy atom. The predicted molar refractivity (Wildman–Crippen MR) is 286 cm³/mol. The zero-order valence-electron chi connectivity index (χ0n) is 47.7. The summed E-state index contributed by atoms with van der Waals surface area (Å²) in [5.41, 5.74) is -5.84. The number of hydrogen-bond acceptors (Lipinski definition) is 17. The summed E-state index contributed by atoms with van der Waals surface area (Å²) in [6.07, 6.45) is -13.8. The first-order valence-corrected chi connectivity index (χ1v) is 28.3. The Hall–Kier alpha value is -7.87. The largest absolute Gasteiger partial charge is 0.510 e. The molecule has 36 heteroatoms. The van der Waals surface area contributed by atoms with E-state index in [0.29, 0.717) is 100 Å². The van der Waals surface area contributed by atoms with Crippen molar-refractivity contribution >= 4 is 43.9 Å². The van der Waals surface area contributed by atoms with Crippen LogP contribution in [0.2, 0.25) is 0 Å². The molecule has 2 aromatic carbocycles. The van der Waals surface area contributed by atoms with Gasteiger partial charge in [0.2, 0.25) is 18.6 Å². The number of anilines is 1. The standard InChI is InChI=1S/C53H60F10N11O14P/c1-50(2,52(58,59)60)41(67-47(77)78)43(75)66-39(16-29-9-6-28(7-10-29)8-11-30-19-64-46(65-20-30)71-21-32-12-13-33(22-71)74(32)34-25-85-26-34)40(88-49(80)86-27-87-89(81,82)83)24-72(70-44(76)42(68-48(79)84-5)51(3,4)53(61,62)63)23-35-36(54)17-31(18-37(35)55)38-14-15-73(69-38)45(56)57/h6-7,9-10,14-15,17-20,32-34,39-42,45,67H,12-13,16,21-27H2,1-5H3,(H,66,75)(H,68,79)(H,70,76)(H,77,78)(H2,81,82,83)/t32?,33?,39-,40-,41+,42+/m0/s1. The summed E-state index contributed by atoms with van der Waals surface area (Å²) in [7, 11) is -4.72. The second-order valence-electron chi connectivity index (χ2n) is 21.9. The zero-order valence-corrected chi connectivity index (χ0v) is 48.5. The van der Waals surface area contributed by atoms with Gasteiger partial charge >= 0.3 is 45.1 Å². The number of phosphoric ester groups is 1. The van der Waals surface area contributed by atoms with Crippen molar-refractivity contribution in [3.8, 4) is 23.1 Å². The number of alkyl carbamates (subject to hydrolysis) is 1. The third-order valence-corrected chi connectivity index (χ3v) is 15.5. The number of fused-ring (bicyclic) bond motifs is 2. The van der Waals surface area contributed by atoms with Crippen LogP contribution in [0.4, 0.5) is 64.2 Å². The van der Waals surface area contributed by atoms with E-state index in [2.05, 4.69) is 56.0 Å². The summed E-state index contributed by atoms with van der Waals surface area (Å²) in [5.74, 6) is -0.477. The third kappa shape index (κ3) is 17.3. The van der Waals surface area contributed by atoms with Crippen molar-refractivity contribution in [2.45, 2.75) is 115 Å². The topological polar surface area (TPSA) is 311 Å². The number of carbonyl (C=O) groups is 5. The molecule has 0 saturated carbocycles. The zero-order chi connectivity index (χ0) is 65.6. The lowest BCUT2D eigenvalue weighted by Gasteiger charge is -2.47. The van der Waals surface area contributed by atoms with Crippen LogP contribution in [0.25, 0.3) is 11.3 Å². The fourth-order valence-electron chi connectivity index (χ4n) is 9.91. The number of rotatable bonds is 23. The molecule has 3 saturated heterocycles. The first-order chi connectivity index (χ1) is 41.5. The second kappa shape index (κ2) is 27.9. The van der Waals surface area contributed by atoms with E-state index in [0.717, 1.165) is 38.2 Å². The van der Waals surface area contributed by atoms with Gasteiger partial charge in [-0.25, -0.2) is 51.9 Å². The van der Waals surface area contributed by atoms with Crippen molar-refractivity contribution < 1.29 is 111 Å². The lowest BCUT2D eigenvalue weighted by molar-refractivity contribution is -0.221. The van der Waals surface area contributed by atoms with E-state index in [9.17, 15) is 78.6 Å². The van der Waals surface area contributed by atoms with Crippen molar-refractivity contribution in [2.24, 2.45) is 10.8 Å². The van der Waals surface area contributed by atoms with Gasteiger partial charge in [-0.2, -0.15) is 40.2 Å². The molecule has 2 unspecified atom stereocenters. The van der Waals surface area contributed by atoms with Gasteiger partial charge in [-0.05, 0) is 82.9 Å². The van der Waals surface area contributed by atoms with Crippen LogP contribution in [0, 0.1) is 34.3 Å². The number of alkyl halides is 8. The maximum absolute atomic E-state index is 16.3. The molecule has 3 fully saturated rings. The lowest BCUT2D eigenvalue weighted by Crippen LogP contribution is -2.64. The number of methoxy groups -OCH3 is 1. The van der Waals surface area contributed by atoms with Gasteiger partial charge < -0.3 is 54.7 Å². The number of phosphoric acid groups is 1. The molecule has 25 nitrogen and oxygen atoms in total. The Kier molecular flexibility index (Phi) is 21.5. The summed E-state index contributed by atoms with van der Waals surface area (Å²) in [6, 6.07) is 0.961. The Morgan fingerprint density at radius 2 is 1.39 bits per heavy atom. The molecule has 0 spiro atoms. The van der Waals surface area contributed by atoms with E-state index in [1.54, 1.807) is 5.32 Å². The van der Waals surface area contributed by atoms with Gasteiger partial charge in [0, 0.05) is 67.0 Å². The van der Waals surface area contributed by atoms with Crippen LogP contribution in [0.3, 0.4) is 0 Å². The van der Waals surface area contributed by atoms with E-state index < -0.39 is 147 Å². The number of carbonyl (C=O) groups excluding carboxylic acids is 4. The van der Waals surface area contributed by atoms with Crippen LogP contribution >= 0.6 is 7.82 Å². The normalized spacial score (nSPS) is 18.0. The van der Waals surface area contributed by atoms with Gasteiger partial charge in [0.05, 0.1) is 61.0 Å². The van der Waals surface area contributed by atoms with Crippen molar-refractivity contribution in [1.29, 1.82) is 0 Å². The molecule has 6 atom stereocenters. The number of ether oxygens (including phenoxy) is 4. The van der Waals surface area contributed by atoms with E-state index in [4.69, 9.17) is 9.47 Å². The molecule has 4 aromatic rings. The average molecular weight is 1300 g/mol. The van der Waals surface area contributed by atoms with E-state index in [-0.39, 0.29) is 10.2 Å². The van der Waals surface area contributed by atoms with Gasteiger partial charge in [0.25, 0.3) is 5.91 Å². The van der Waals surface area contributed by atoms with E-state index in [1.165, 1.54) is 42.0 Å². The second-order valence-corrected chi connectivity index (χ2v) is 23.1. The summed E-state index contributed by atoms with van der Waals surface area (Å²) >= 11 is 0. The minimum atomic E-state index is -5.44. The molecular weight excluding hydrogens is 1240 g/mol. The first-order valence-electron chi connectivity index (χ1n) is 26.8. The number of amides is 4. The van der Waals surface area contributed by atoms with Gasteiger partial charge in [-0.15, -0.1) is 0 Å². The highest BCUT2D eigenvalue weighted by atomic mass is 31.2. The van der Waals surface area contributed by atoms with Crippen LogP contribution in [-0.2, 0) is 50.6 Å². The number of benzene rings is 2. The Labute approximate surface area is 499 Å². The molecule has 2 bridgehead atoms. The number of piperazine rings is 1. The minimum Gasteiger partial charge on any atom is -0.465 e. The third-order valence-electron chi connectivity index (χ3n) is 15.1. The van der Waals surface area contributed by atoms with E-state index >= 15 is 8.78 Å². The predicted octanol–water partition coefficient (Wildman–Crippen LogP) is 6.15. The fraction of sp³-hybridized carbons (Fsp3) is 0.509. The first kappa shape index (κ1) is 68.6. The van der Waals surface area contributed by atoms with Gasteiger partial charge in [0.1, 0.15) is 29.8 Å². The number of carboxylic acid groups (broad SMARTS) is 1. The summed E-state index contributed by atoms with van der Waals surface area (Å²) in [6.45, 7) is -2.98. The molecule has 0 aliphatic carbocycles. The Bertz CT molecular complexity index is 3270. The highest BCUT2D eigenvalue weighted by molar-refractivity contribution is 7.46. The number of aromatic nitrogens is 4. The van der Waals surface area contributed by atoms with Crippen LogP contribution in [0.1, 0.15) is 69.3 Å². The van der Waals surface area contributed by atoms with Crippen molar-refractivity contribution in [3.05, 3.63) is 94.9 Å². The molecule has 4 amide bonds. The van der Waals surface area contributed by atoms with Crippen molar-refractivity contribution in [1.82, 2.24) is 51.0 Å². The maximum Gasteiger partial charge on any atom is 0.510 e. The SMILES string of the molecule is COC(=O)N[C@H](C(=O)NN(Cc1c(F)cc(-c2ccn(C(F)F)n2)cc1F)C[C@H](OC(=O)OCOP(=O)(O)O)[C@H](Cc1ccc(C#Cc2cnc(N3CC4CCC(C3)N4C3COC3)nc2)cc1)NC(=O)[C@@H](NC(=O)O)C(C)(C)C(F)(F)F)C(C)(C)C(F)(F)F. The molecule has 5 heterocycles. The summed E-state index contributed by atoms with van der Waals surface area (Å²) in [5, 5.41) is 18.9. The molecule has 89 heavy (non-hydrogen) atoms. The molecule has 486 valence electrons. The van der Waals surface area contributed by atoms with Crippen molar-refractivity contribution in [3.63, 3.8) is 0 Å². The molecular formula is C53H60F10N11O14P. The molecule has 3 aliphatic heterocycles. The lowest BCUT2D eigenvalue weighted by atomic mass is 9.82. The number of hydrogen-bond donors (Lipinski definition) is 7. The van der Waals surface area contributed by atoms with E-state index in [1.807, 2.05) is 5.43 Å². The van der Waals surface area contributed by atoms with Gasteiger partial charge in [0.15, 0.2) is 0 Å². The number of nitrogens with one attached hydrogen (secondary N) is 4. The van der Waals surface area contributed by atoms with Crippen molar-refractivity contribution in [2.75, 3.05) is 51.7 Å². The maximum atomic E-state index is 16.3. The van der Waals surface area contributed by atoms with Gasteiger partial charge in [-0.1, -0.05) is 24.0 Å². The summed E-state index contributed by atoms with van der Waals surface area (Å²) < 4.78 is 183. The highest BCUT2D eigenvalue weighted by Crippen LogP contribution is 2.43. The molecule has 7 N–H and O–H groups in total. The number of nitrogens with zero attached hydrogens (tertiary/aromatic N) is 7. The monoisotopic (exact) mass is 1300 g/mol. The number of halogens is 10. The minimum absolute atomic E-state index is 0.0591. The molecule has 0 radical (unpaired) electrons. The quantitative estimate of drug-likeness (QED) is 0.0109. The molecule has 2 aromatic heterocycles. The Morgan fingerprint density at radius 3 is 1.90 bits per heavy atom.